The highest BCUT2D eigenvalue weighted by atomic mass is 16.4. The molecule has 0 atom stereocenters. The summed E-state index contributed by atoms with van der Waals surface area (Å²) in [6.07, 6.45) is 12.4. The molecule has 0 unspecified atom stereocenters. The number of fused-ring (bicyclic) bond motifs is 2. The number of hydrogen-bond acceptors (Lipinski definition) is 4. The van der Waals surface area contributed by atoms with Gasteiger partial charge >= 0.3 is 11.9 Å². The molecule has 0 bridgehead atoms. The number of para-hydroxylation sites is 2. The van der Waals surface area contributed by atoms with Gasteiger partial charge in [-0.25, -0.2) is 9.59 Å². The molecule has 9 rings (SSSR count). The van der Waals surface area contributed by atoms with Gasteiger partial charge in [-0.3, -0.25) is 0 Å². The number of carboxylic acids is 2. The quantitative estimate of drug-likeness (QED) is 0.106. The molecule has 6 aromatic rings. The lowest BCUT2D eigenvalue weighted by atomic mass is 9.80. The number of allylic oxidation sites excluding steroid dienone is 7. The Morgan fingerprint density at radius 2 is 1.17 bits per heavy atom. The summed E-state index contributed by atoms with van der Waals surface area (Å²) in [5, 5.41) is 20.1. The summed E-state index contributed by atoms with van der Waals surface area (Å²) in [6.45, 7) is 10.3. The van der Waals surface area contributed by atoms with Gasteiger partial charge in [-0.2, -0.15) is 4.58 Å². The normalized spacial score (nSPS) is 17.2. The Hall–Kier alpha value is -7.51. The number of carbonyl (C=O) groups is 2. The van der Waals surface area contributed by atoms with Gasteiger partial charge in [-0.05, 0) is 122 Å². The Bertz CT molecular complexity index is 2920. The van der Waals surface area contributed by atoms with E-state index in [1.807, 2.05) is 48.5 Å². The van der Waals surface area contributed by atoms with Crippen molar-refractivity contribution < 1.29 is 24.4 Å². The second-order valence-electron chi connectivity index (χ2n) is 18.4. The fourth-order valence-corrected chi connectivity index (χ4v) is 10.1. The Balaban J connectivity index is 1.19. The van der Waals surface area contributed by atoms with Gasteiger partial charge in [0.1, 0.15) is 0 Å². The fourth-order valence-electron chi connectivity index (χ4n) is 10.1. The van der Waals surface area contributed by atoms with Crippen LogP contribution in [0, 0.1) is 0 Å². The minimum Gasteiger partial charge on any atom is -0.478 e. The molecule has 330 valence electrons. The van der Waals surface area contributed by atoms with Gasteiger partial charge in [0.2, 0.25) is 5.69 Å². The highest BCUT2D eigenvalue weighted by Crippen LogP contribution is 2.49. The standard InChI is InChI=1S/C59H55N3O4/c1-58(2)49-39-45(56(63)64)27-31-51(49)60(37-35-41-17-9-5-10-18-41)53(58)33-29-43-25-26-44(55(43)62(47-21-13-7-14-22-47)48-23-15-8-16-24-48)30-34-54-59(3,4)50-40-46(57(65)66)28-32-52(50)61(54)38-36-42-19-11-6-12-20-42/h5-24,27-34,39-40H,25-26,35-38H2,1-4H3,(H-,63,64,65,66)/p+1. The average molecular weight is 871 g/mol. The van der Waals surface area contributed by atoms with Crippen molar-refractivity contribution >= 4 is 40.4 Å². The molecule has 0 amide bonds. The van der Waals surface area contributed by atoms with Gasteiger partial charge in [0, 0.05) is 58.8 Å². The highest BCUT2D eigenvalue weighted by molar-refractivity contribution is 6.04. The van der Waals surface area contributed by atoms with Gasteiger partial charge in [-0.15, -0.1) is 0 Å². The molecule has 2 heterocycles. The lowest BCUT2D eigenvalue weighted by molar-refractivity contribution is -0.436. The highest BCUT2D eigenvalue weighted by Gasteiger charge is 2.45. The summed E-state index contributed by atoms with van der Waals surface area (Å²) in [5.74, 6) is -1.86. The second kappa shape index (κ2) is 18.2. The molecule has 7 heteroatoms. The number of anilines is 3. The molecule has 0 saturated heterocycles. The first-order chi connectivity index (χ1) is 31.9. The molecular formula is C59H56N3O4+. The first-order valence-electron chi connectivity index (χ1n) is 22.9. The van der Waals surface area contributed by atoms with Crippen LogP contribution >= 0.6 is 0 Å². The number of hydrogen-bond donors (Lipinski definition) is 2. The largest absolute Gasteiger partial charge is 0.478 e. The summed E-state index contributed by atoms with van der Waals surface area (Å²) in [6, 6.07) is 53.2. The van der Waals surface area contributed by atoms with Gasteiger partial charge in [0.15, 0.2) is 12.3 Å². The molecule has 0 spiro atoms. The van der Waals surface area contributed by atoms with Gasteiger partial charge < -0.3 is 20.0 Å². The Labute approximate surface area is 388 Å². The summed E-state index contributed by atoms with van der Waals surface area (Å²) in [7, 11) is 0. The molecule has 6 aromatic carbocycles. The number of aromatic carboxylic acids is 2. The predicted octanol–water partition coefficient (Wildman–Crippen LogP) is 13.0. The van der Waals surface area contributed by atoms with E-state index >= 15 is 0 Å². The first-order valence-corrected chi connectivity index (χ1v) is 22.9. The van der Waals surface area contributed by atoms with E-state index in [9.17, 15) is 19.8 Å². The van der Waals surface area contributed by atoms with Crippen molar-refractivity contribution in [2.45, 2.75) is 64.2 Å². The summed E-state index contributed by atoms with van der Waals surface area (Å²) < 4.78 is 2.38. The van der Waals surface area contributed by atoms with Crippen LogP contribution in [0.1, 0.15) is 83.5 Å². The van der Waals surface area contributed by atoms with Crippen LogP contribution in [-0.2, 0) is 23.7 Å². The van der Waals surface area contributed by atoms with E-state index in [1.54, 1.807) is 12.1 Å². The van der Waals surface area contributed by atoms with Crippen LogP contribution in [0.15, 0.2) is 205 Å². The van der Waals surface area contributed by atoms with Crippen LogP contribution in [0.5, 0.6) is 0 Å². The second-order valence-corrected chi connectivity index (χ2v) is 18.4. The zero-order valence-corrected chi connectivity index (χ0v) is 38.1. The van der Waals surface area contributed by atoms with E-state index in [-0.39, 0.29) is 11.1 Å². The maximum absolute atomic E-state index is 12.2. The number of carboxylic acid groups (broad SMARTS) is 2. The minimum atomic E-state index is -0.931. The van der Waals surface area contributed by atoms with Crippen LogP contribution in [0.4, 0.5) is 22.7 Å². The van der Waals surface area contributed by atoms with Crippen molar-refractivity contribution in [2.75, 3.05) is 22.9 Å². The zero-order valence-electron chi connectivity index (χ0n) is 38.1. The molecule has 3 aliphatic rings. The maximum atomic E-state index is 12.2. The van der Waals surface area contributed by atoms with E-state index in [0.29, 0.717) is 0 Å². The third-order valence-electron chi connectivity index (χ3n) is 13.6. The van der Waals surface area contributed by atoms with Gasteiger partial charge in [0.25, 0.3) is 0 Å². The SMILES string of the molecule is CC1(C)C(/C=C/C2=C(N(c3ccccc3)c3ccccc3)C(=C/C=C3/N(CCc4ccccc4)c4ccc(C(=O)O)cc4C3(C)C)/CC2)=[N+](CCc2ccccc2)c2ccc(C(=O)O)cc21. The van der Waals surface area contributed by atoms with Crippen molar-refractivity contribution in [1.82, 2.24) is 0 Å². The molecule has 66 heavy (non-hydrogen) atoms. The number of benzene rings is 6. The molecule has 0 saturated carbocycles. The van der Waals surface area contributed by atoms with Crippen molar-refractivity contribution in [3.63, 3.8) is 0 Å². The third kappa shape index (κ3) is 8.45. The van der Waals surface area contributed by atoms with Crippen LogP contribution in [0.25, 0.3) is 0 Å². The molecule has 2 aliphatic heterocycles. The van der Waals surface area contributed by atoms with Crippen LogP contribution in [-0.4, -0.2) is 45.5 Å². The number of nitrogens with zero attached hydrogens (tertiary/aromatic N) is 3. The average Bonchev–Trinajstić information content (AvgIpc) is 3.90. The number of rotatable bonds is 14. The molecule has 7 nitrogen and oxygen atoms in total. The van der Waals surface area contributed by atoms with Crippen molar-refractivity contribution in [1.29, 1.82) is 0 Å². The lowest BCUT2D eigenvalue weighted by Gasteiger charge is -2.29. The summed E-state index contributed by atoms with van der Waals surface area (Å²) >= 11 is 0. The Morgan fingerprint density at radius 3 is 1.76 bits per heavy atom. The fraction of sp³-hybridized carbons (Fsp3) is 0.203. The molecule has 0 fully saturated rings. The van der Waals surface area contributed by atoms with E-state index in [4.69, 9.17) is 0 Å². The Morgan fingerprint density at radius 1 is 0.621 bits per heavy atom. The molecule has 1 aliphatic carbocycles. The van der Waals surface area contributed by atoms with Gasteiger partial charge in [-0.1, -0.05) is 123 Å². The van der Waals surface area contributed by atoms with Crippen molar-refractivity contribution in [3.8, 4) is 0 Å². The van der Waals surface area contributed by atoms with Gasteiger partial charge in [0.05, 0.1) is 22.2 Å². The smallest absolute Gasteiger partial charge is 0.335 e. The van der Waals surface area contributed by atoms with Crippen LogP contribution < -0.4 is 9.80 Å². The van der Waals surface area contributed by atoms with E-state index < -0.39 is 22.8 Å². The lowest BCUT2D eigenvalue weighted by Crippen LogP contribution is -2.28. The Kier molecular flexibility index (Phi) is 12.0. The third-order valence-corrected chi connectivity index (χ3v) is 13.6. The molecular weight excluding hydrogens is 815 g/mol. The molecule has 2 N–H and O–H groups in total. The van der Waals surface area contributed by atoms with E-state index in [1.165, 1.54) is 22.3 Å². The van der Waals surface area contributed by atoms with E-state index in [0.717, 1.165) is 89.8 Å². The predicted molar refractivity (Wildman–Crippen MR) is 267 cm³/mol. The minimum absolute atomic E-state index is 0.288. The topological polar surface area (TPSA) is 84.1 Å². The zero-order chi connectivity index (χ0) is 46.0. The maximum Gasteiger partial charge on any atom is 0.335 e. The summed E-state index contributed by atoms with van der Waals surface area (Å²) in [5.41, 5.74) is 14.1. The monoisotopic (exact) mass is 870 g/mol. The summed E-state index contributed by atoms with van der Waals surface area (Å²) in [4.78, 5) is 29.3. The molecule has 0 aromatic heterocycles. The van der Waals surface area contributed by atoms with Crippen LogP contribution in [0.3, 0.4) is 0 Å². The van der Waals surface area contributed by atoms with Crippen LogP contribution in [0.2, 0.25) is 0 Å². The van der Waals surface area contributed by atoms with Crippen molar-refractivity contribution in [2.24, 2.45) is 0 Å². The first kappa shape index (κ1) is 43.7. The molecule has 0 radical (unpaired) electrons. The van der Waals surface area contributed by atoms with Crippen molar-refractivity contribution in [3.05, 3.63) is 238 Å². The van der Waals surface area contributed by atoms with E-state index in [2.05, 4.69) is 163 Å².